The van der Waals surface area contributed by atoms with Crippen molar-refractivity contribution in [3.05, 3.63) is 0 Å². The molecule has 0 aromatic rings. The number of morpholine rings is 1. The summed E-state index contributed by atoms with van der Waals surface area (Å²) in [7, 11) is 0. The minimum Gasteiger partial charge on any atom is -0.379 e. The molecule has 1 heterocycles. The highest BCUT2D eigenvalue weighted by molar-refractivity contribution is 5.86. The second-order valence-corrected chi connectivity index (χ2v) is 6.01. The summed E-state index contributed by atoms with van der Waals surface area (Å²) in [5, 5.41) is 3.11. The molecule has 2 unspecified atom stereocenters. The number of amides is 1. The maximum Gasteiger partial charge on any atom is 0.240 e. The summed E-state index contributed by atoms with van der Waals surface area (Å²) in [4.78, 5) is 14.7. The van der Waals surface area contributed by atoms with E-state index in [-0.39, 0.29) is 36.8 Å². The normalized spacial score (nSPS) is 24.3. The Hall–Kier alpha value is -0.0700. The standard InChI is InChI=1S/C14H27N3O2.2ClH/c1-11(12(2)17-7-9-19-10-8-17)16-13(18)14(15)5-3-4-6-14;;/h11-12H,3-10,15H2,1-2H3,(H,16,18);2*1H. The van der Waals surface area contributed by atoms with Crippen LogP contribution in [-0.2, 0) is 9.53 Å². The zero-order valence-corrected chi connectivity index (χ0v) is 14.6. The molecule has 1 aliphatic heterocycles. The fraction of sp³-hybridized carbons (Fsp3) is 0.929. The summed E-state index contributed by atoms with van der Waals surface area (Å²) in [5.41, 5.74) is 5.56. The van der Waals surface area contributed by atoms with E-state index in [2.05, 4.69) is 24.1 Å². The summed E-state index contributed by atoms with van der Waals surface area (Å²) in [6.07, 6.45) is 3.77. The Bertz CT molecular complexity index is 319. The van der Waals surface area contributed by atoms with Crippen molar-refractivity contribution < 1.29 is 9.53 Å². The molecular weight excluding hydrogens is 313 g/mol. The fourth-order valence-corrected chi connectivity index (χ4v) is 3.01. The highest BCUT2D eigenvalue weighted by atomic mass is 35.5. The summed E-state index contributed by atoms with van der Waals surface area (Å²) < 4.78 is 5.36. The molecule has 1 saturated heterocycles. The first-order valence-corrected chi connectivity index (χ1v) is 7.44. The predicted octanol–water partition coefficient (Wildman–Crippen LogP) is 1.33. The molecule has 3 N–H and O–H groups in total. The van der Waals surface area contributed by atoms with Crippen LogP contribution >= 0.6 is 24.8 Å². The fourth-order valence-electron chi connectivity index (χ4n) is 3.01. The van der Waals surface area contributed by atoms with Crippen LogP contribution in [0.2, 0.25) is 0 Å². The van der Waals surface area contributed by atoms with Crippen molar-refractivity contribution in [1.82, 2.24) is 10.2 Å². The van der Waals surface area contributed by atoms with E-state index in [1.807, 2.05) is 0 Å². The molecule has 0 bridgehead atoms. The van der Waals surface area contributed by atoms with Gasteiger partial charge in [-0.2, -0.15) is 0 Å². The van der Waals surface area contributed by atoms with Gasteiger partial charge in [-0.1, -0.05) is 12.8 Å². The lowest BCUT2D eigenvalue weighted by atomic mass is 9.97. The van der Waals surface area contributed by atoms with Gasteiger partial charge in [-0.3, -0.25) is 9.69 Å². The van der Waals surface area contributed by atoms with Gasteiger partial charge >= 0.3 is 0 Å². The molecule has 21 heavy (non-hydrogen) atoms. The van der Waals surface area contributed by atoms with Crippen molar-refractivity contribution >= 4 is 30.7 Å². The van der Waals surface area contributed by atoms with Crippen LogP contribution < -0.4 is 11.1 Å². The van der Waals surface area contributed by atoms with Gasteiger partial charge in [0.1, 0.15) is 0 Å². The molecular formula is C14H29Cl2N3O2. The average molecular weight is 342 g/mol. The number of nitrogens with zero attached hydrogens (tertiary/aromatic N) is 1. The van der Waals surface area contributed by atoms with Crippen molar-refractivity contribution in [3.63, 3.8) is 0 Å². The van der Waals surface area contributed by atoms with Gasteiger partial charge in [-0.15, -0.1) is 24.8 Å². The quantitative estimate of drug-likeness (QED) is 0.809. The van der Waals surface area contributed by atoms with E-state index in [1.54, 1.807) is 0 Å². The molecule has 1 saturated carbocycles. The van der Waals surface area contributed by atoms with Gasteiger partial charge in [-0.25, -0.2) is 0 Å². The van der Waals surface area contributed by atoms with E-state index >= 15 is 0 Å². The number of rotatable bonds is 4. The average Bonchev–Trinajstić information content (AvgIpc) is 2.87. The van der Waals surface area contributed by atoms with Crippen molar-refractivity contribution in [2.75, 3.05) is 26.3 Å². The first-order chi connectivity index (χ1) is 9.03. The molecule has 5 nitrogen and oxygen atoms in total. The van der Waals surface area contributed by atoms with Crippen LogP contribution in [0.1, 0.15) is 39.5 Å². The maximum atomic E-state index is 12.3. The van der Waals surface area contributed by atoms with Crippen molar-refractivity contribution in [2.45, 2.75) is 57.2 Å². The third kappa shape index (κ3) is 5.25. The second-order valence-electron chi connectivity index (χ2n) is 6.01. The number of halogens is 2. The Labute approximate surface area is 140 Å². The SMILES string of the molecule is CC(NC(=O)C1(N)CCCC1)C(C)N1CCOCC1.Cl.Cl. The van der Waals surface area contributed by atoms with Crippen LogP contribution in [0.5, 0.6) is 0 Å². The zero-order valence-electron chi connectivity index (χ0n) is 13.0. The van der Waals surface area contributed by atoms with Gasteiger partial charge in [0.05, 0.1) is 18.8 Å². The maximum absolute atomic E-state index is 12.3. The Kier molecular flexibility index (Phi) is 9.12. The lowest BCUT2D eigenvalue weighted by molar-refractivity contribution is -0.127. The molecule has 0 radical (unpaired) electrons. The number of nitrogens with two attached hydrogens (primary N) is 1. The molecule has 126 valence electrons. The van der Waals surface area contributed by atoms with E-state index in [1.165, 1.54) is 0 Å². The third-order valence-electron chi connectivity index (χ3n) is 4.65. The number of carbonyl (C=O) groups excluding carboxylic acids is 1. The molecule has 2 fully saturated rings. The lowest BCUT2D eigenvalue weighted by Crippen LogP contribution is -2.58. The van der Waals surface area contributed by atoms with Gasteiger partial charge in [0.2, 0.25) is 5.91 Å². The molecule has 0 aromatic carbocycles. The van der Waals surface area contributed by atoms with Crippen LogP contribution in [-0.4, -0.2) is 54.7 Å². The number of carbonyl (C=O) groups is 1. The molecule has 0 aromatic heterocycles. The molecule has 2 atom stereocenters. The van der Waals surface area contributed by atoms with Crippen LogP contribution in [0.4, 0.5) is 0 Å². The number of ether oxygens (including phenoxy) is 1. The summed E-state index contributed by atoms with van der Waals surface area (Å²) in [6.45, 7) is 7.67. The van der Waals surface area contributed by atoms with Gasteiger partial charge < -0.3 is 15.8 Å². The predicted molar refractivity (Wildman–Crippen MR) is 89.3 cm³/mol. The van der Waals surface area contributed by atoms with Crippen molar-refractivity contribution in [2.24, 2.45) is 5.73 Å². The Morgan fingerprint density at radius 1 is 1.19 bits per heavy atom. The highest BCUT2D eigenvalue weighted by Gasteiger charge is 2.38. The second kappa shape index (κ2) is 9.16. The summed E-state index contributed by atoms with van der Waals surface area (Å²) in [6, 6.07) is 0.435. The number of nitrogens with one attached hydrogen (secondary N) is 1. The zero-order chi connectivity index (χ0) is 13.9. The number of hydrogen-bond donors (Lipinski definition) is 2. The van der Waals surface area contributed by atoms with Crippen LogP contribution in [0.3, 0.4) is 0 Å². The topological polar surface area (TPSA) is 67.6 Å². The summed E-state index contributed by atoms with van der Waals surface area (Å²) in [5.74, 6) is 0.0256. The summed E-state index contributed by atoms with van der Waals surface area (Å²) >= 11 is 0. The molecule has 1 amide bonds. The first-order valence-electron chi connectivity index (χ1n) is 7.44. The van der Waals surface area contributed by atoms with E-state index in [0.29, 0.717) is 6.04 Å². The van der Waals surface area contributed by atoms with E-state index in [4.69, 9.17) is 10.5 Å². The van der Waals surface area contributed by atoms with E-state index in [9.17, 15) is 4.79 Å². The van der Waals surface area contributed by atoms with Gasteiger partial charge in [0.25, 0.3) is 0 Å². The molecule has 0 spiro atoms. The Morgan fingerprint density at radius 2 is 1.71 bits per heavy atom. The minimum atomic E-state index is -0.626. The Morgan fingerprint density at radius 3 is 2.24 bits per heavy atom. The van der Waals surface area contributed by atoms with Gasteiger partial charge in [0, 0.05) is 25.2 Å². The van der Waals surface area contributed by atoms with Gasteiger partial charge in [0.15, 0.2) is 0 Å². The lowest BCUT2D eigenvalue weighted by Gasteiger charge is -2.37. The van der Waals surface area contributed by atoms with Crippen molar-refractivity contribution in [3.8, 4) is 0 Å². The smallest absolute Gasteiger partial charge is 0.240 e. The minimum absolute atomic E-state index is 0. The monoisotopic (exact) mass is 341 g/mol. The van der Waals surface area contributed by atoms with E-state index in [0.717, 1.165) is 52.0 Å². The van der Waals surface area contributed by atoms with Crippen LogP contribution in [0.15, 0.2) is 0 Å². The molecule has 7 heteroatoms. The number of hydrogen-bond acceptors (Lipinski definition) is 4. The van der Waals surface area contributed by atoms with E-state index < -0.39 is 5.54 Å². The van der Waals surface area contributed by atoms with Crippen LogP contribution in [0, 0.1) is 0 Å². The van der Waals surface area contributed by atoms with Gasteiger partial charge in [-0.05, 0) is 26.7 Å². The Balaban J connectivity index is 0.00000200. The largest absolute Gasteiger partial charge is 0.379 e. The highest BCUT2D eigenvalue weighted by Crippen LogP contribution is 2.27. The van der Waals surface area contributed by atoms with Crippen molar-refractivity contribution in [1.29, 1.82) is 0 Å². The third-order valence-corrected chi connectivity index (χ3v) is 4.65. The molecule has 1 aliphatic carbocycles. The molecule has 2 rings (SSSR count). The first kappa shape index (κ1) is 20.9. The van der Waals surface area contributed by atoms with Crippen LogP contribution in [0.25, 0.3) is 0 Å². The molecule has 2 aliphatic rings.